The Hall–Kier alpha value is -1.32. The van der Waals surface area contributed by atoms with Gasteiger partial charge in [-0.3, -0.25) is 4.68 Å². The van der Waals surface area contributed by atoms with Crippen LogP contribution in [0, 0.1) is 12.8 Å². The predicted octanol–water partition coefficient (Wildman–Crippen LogP) is 3.74. The summed E-state index contributed by atoms with van der Waals surface area (Å²) in [5.41, 5.74) is 9.69. The molecule has 2 N–H and O–H groups in total. The van der Waals surface area contributed by atoms with E-state index >= 15 is 0 Å². The Morgan fingerprint density at radius 3 is 2.40 bits per heavy atom. The molecule has 0 saturated carbocycles. The molecule has 2 rings (SSSR count). The fourth-order valence-electron chi connectivity index (χ4n) is 2.27. The minimum atomic E-state index is -0.0715. The van der Waals surface area contributed by atoms with Gasteiger partial charge in [0.1, 0.15) is 0 Å². The van der Waals surface area contributed by atoms with E-state index in [9.17, 15) is 0 Å². The smallest absolute Gasteiger partial charge is 0.0814 e. The fourth-order valence-corrected chi connectivity index (χ4v) is 2.41. The molecule has 20 heavy (non-hydrogen) atoms. The van der Waals surface area contributed by atoms with Crippen LogP contribution >= 0.6 is 11.6 Å². The van der Waals surface area contributed by atoms with E-state index in [0.717, 1.165) is 17.7 Å². The van der Waals surface area contributed by atoms with Crippen molar-refractivity contribution in [3.8, 4) is 0 Å². The van der Waals surface area contributed by atoms with Crippen molar-refractivity contribution in [2.75, 3.05) is 0 Å². The third-order valence-electron chi connectivity index (χ3n) is 3.46. The molecule has 1 heterocycles. The summed E-state index contributed by atoms with van der Waals surface area (Å²) in [4.78, 5) is 0. The molecule has 0 aliphatic carbocycles. The van der Waals surface area contributed by atoms with Gasteiger partial charge in [-0.1, -0.05) is 49.7 Å². The van der Waals surface area contributed by atoms with Crippen molar-refractivity contribution in [2.24, 2.45) is 11.7 Å². The van der Waals surface area contributed by atoms with Crippen LogP contribution in [-0.4, -0.2) is 9.78 Å². The standard InChI is InChI=1S/C16H22ClN3/c1-11(2)8-13-4-6-14(7-5-13)16(18)10-20-12(3)15(17)9-19-20/h4-7,9,11,16H,8,10,18H2,1-3H3. The second kappa shape index (κ2) is 6.42. The maximum Gasteiger partial charge on any atom is 0.0814 e. The van der Waals surface area contributed by atoms with Crippen LogP contribution in [0.25, 0.3) is 0 Å². The molecule has 0 radical (unpaired) electrons. The normalized spacial score (nSPS) is 12.9. The van der Waals surface area contributed by atoms with E-state index in [2.05, 4.69) is 43.2 Å². The van der Waals surface area contributed by atoms with Crippen LogP contribution < -0.4 is 5.73 Å². The van der Waals surface area contributed by atoms with Gasteiger partial charge in [0.2, 0.25) is 0 Å². The summed E-state index contributed by atoms with van der Waals surface area (Å²) in [6.07, 6.45) is 2.76. The molecule has 2 aromatic rings. The molecular weight excluding hydrogens is 270 g/mol. The molecule has 1 aromatic carbocycles. The summed E-state index contributed by atoms with van der Waals surface area (Å²) in [6, 6.07) is 8.49. The first-order valence-electron chi connectivity index (χ1n) is 6.99. The first-order valence-corrected chi connectivity index (χ1v) is 7.37. The Balaban J connectivity index is 2.05. The second-order valence-electron chi connectivity index (χ2n) is 5.71. The van der Waals surface area contributed by atoms with Crippen LogP contribution in [-0.2, 0) is 13.0 Å². The fraction of sp³-hybridized carbons (Fsp3) is 0.438. The lowest BCUT2D eigenvalue weighted by Crippen LogP contribution is -2.19. The quantitative estimate of drug-likeness (QED) is 0.912. The lowest BCUT2D eigenvalue weighted by atomic mass is 9.99. The van der Waals surface area contributed by atoms with Gasteiger partial charge < -0.3 is 5.73 Å². The molecule has 1 atom stereocenters. The topological polar surface area (TPSA) is 43.8 Å². The molecule has 0 fully saturated rings. The molecular formula is C16H22ClN3. The number of aromatic nitrogens is 2. The van der Waals surface area contributed by atoms with Gasteiger partial charge in [-0.2, -0.15) is 5.10 Å². The first kappa shape index (κ1) is 15.1. The molecule has 0 aliphatic heterocycles. The van der Waals surface area contributed by atoms with Gasteiger partial charge in [-0.05, 0) is 30.4 Å². The highest BCUT2D eigenvalue weighted by Crippen LogP contribution is 2.19. The van der Waals surface area contributed by atoms with Gasteiger partial charge >= 0.3 is 0 Å². The van der Waals surface area contributed by atoms with Crippen LogP contribution in [0.4, 0.5) is 0 Å². The van der Waals surface area contributed by atoms with E-state index in [0.29, 0.717) is 17.5 Å². The highest BCUT2D eigenvalue weighted by atomic mass is 35.5. The molecule has 0 aliphatic rings. The maximum absolute atomic E-state index is 6.25. The van der Waals surface area contributed by atoms with Gasteiger partial charge in [0.15, 0.2) is 0 Å². The first-order chi connectivity index (χ1) is 9.47. The number of hydrogen-bond acceptors (Lipinski definition) is 2. The van der Waals surface area contributed by atoms with E-state index in [4.69, 9.17) is 17.3 Å². The summed E-state index contributed by atoms with van der Waals surface area (Å²) >= 11 is 6.00. The molecule has 1 unspecified atom stereocenters. The number of benzene rings is 1. The van der Waals surface area contributed by atoms with Crippen molar-refractivity contribution < 1.29 is 0 Å². The van der Waals surface area contributed by atoms with Gasteiger partial charge in [-0.25, -0.2) is 0 Å². The Kier molecular flexibility index (Phi) is 4.84. The Morgan fingerprint density at radius 2 is 1.90 bits per heavy atom. The summed E-state index contributed by atoms with van der Waals surface area (Å²) in [6.45, 7) is 7.05. The predicted molar refractivity (Wildman–Crippen MR) is 83.9 cm³/mol. The zero-order chi connectivity index (χ0) is 14.7. The van der Waals surface area contributed by atoms with Gasteiger partial charge in [-0.15, -0.1) is 0 Å². The monoisotopic (exact) mass is 291 g/mol. The van der Waals surface area contributed by atoms with Gasteiger partial charge in [0.25, 0.3) is 0 Å². The summed E-state index contributed by atoms with van der Waals surface area (Å²) < 4.78 is 1.86. The Bertz CT molecular complexity index is 558. The average molecular weight is 292 g/mol. The molecule has 1 aromatic heterocycles. The van der Waals surface area contributed by atoms with Gasteiger partial charge in [0, 0.05) is 6.04 Å². The van der Waals surface area contributed by atoms with E-state index in [1.165, 1.54) is 5.56 Å². The van der Waals surface area contributed by atoms with Crippen LogP contribution in [0.1, 0.15) is 36.7 Å². The van der Waals surface area contributed by atoms with E-state index in [1.54, 1.807) is 6.20 Å². The van der Waals surface area contributed by atoms with Crippen molar-refractivity contribution in [3.05, 3.63) is 52.3 Å². The molecule has 0 spiro atoms. The van der Waals surface area contributed by atoms with Crippen molar-refractivity contribution in [1.29, 1.82) is 0 Å². The van der Waals surface area contributed by atoms with Crippen molar-refractivity contribution >= 4 is 11.6 Å². The molecule has 0 saturated heterocycles. The minimum absolute atomic E-state index is 0.0715. The summed E-state index contributed by atoms with van der Waals surface area (Å²) in [7, 11) is 0. The largest absolute Gasteiger partial charge is 0.322 e. The zero-order valence-electron chi connectivity index (χ0n) is 12.3. The Morgan fingerprint density at radius 1 is 1.25 bits per heavy atom. The number of nitrogens with zero attached hydrogens (tertiary/aromatic N) is 2. The lowest BCUT2D eigenvalue weighted by molar-refractivity contribution is 0.517. The van der Waals surface area contributed by atoms with Crippen molar-refractivity contribution in [2.45, 2.75) is 39.8 Å². The molecule has 3 nitrogen and oxygen atoms in total. The maximum atomic E-state index is 6.25. The van der Waals surface area contributed by atoms with E-state index < -0.39 is 0 Å². The SMILES string of the molecule is Cc1c(Cl)cnn1CC(N)c1ccc(CC(C)C)cc1. The van der Waals surface area contributed by atoms with Crippen LogP contribution in [0.3, 0.4) is 0 Å². The highest BCUT2D eigenvalue weighted by Gasteiger charge is 2.11. The summed E-state index contributed by atoms with van der Waals surface area (Å²) in [5, 5.41) is 4.93. The van der Waals surface area contributed by atoms with Crippen LogP contribution in [0.15, 0.2) is 30.5 Å². The Labute approximate surface area is 125 Å². The number of nitrogens with two attached hydrogens (primary N) is 1. The van der Waals surface area contributed by atoms with Crippen molar-refractivity contribution in [1.82, 2.24) is 9.78 Å². The van der Waals surface area contributed by atoms with Crippen LogP contribution in [0.2, 0.25) is 5.02 Å². The highest BCUT2D eigenvalue weighted by molar-refractivity contribution is 6.31. The van der Waals surface area contributed by atoms with Crippen molar-refractivity contribution in [3.63, 3.8) is 0 Å². The molecule has 0 bridgehead atoms. The van der Waals surface area contributed by atoms with E-state index in [-0.39, 0.29) is 6.04 Å². The van der Waals surface area contributed by atoms with Gasteiger partial charge in [0.05, 0.1) is 23.5 Å². The molecule has 4 heteroatoms. The summed E-state index contributed by atoms with van der Waals surface area (Å²) in [5.74, 6) is 0.670. The van der Waals surface area contributed by atoms with E-state index in [1.807, 2.05) is 11.6 Å². The lowest BCUT2D eigenvalue weighted by Gasteiger charge is -2.14. The van der Waals surface area contributed by atoms with Crippen LogP contribution in [0.5, 0.6) is 0 Å². The number of rotatable bonds is 5. The second-order valence-corrected chi connectivity index (χ2v) is 6.11. The third-order valence-corrected chi connectivity index (χ3v) is 3.84. The average Bonchev–Trinajstić information content (AvgIpc) is 2.71. The third kappa shape index (κ3) is 3.62. The number of halogens is 1. The molecule has 0 amide bonds. The minimum Gasteiger partial charge on any atom is -0.322 e. The number of hydrogen-bond donors (Lipinski definition) is 1. The zero-order valence-corrected chi connectivity index (χ0v) is 13.1. The molecule has 108 valence electrons.